The maximum absolute atomic E-state index is 6.08. The Bertz CT molecular complexity index is 849. The lowest BCUT2D eigenvalue weighted by Crippen LogP contribution is -2.50. The van der Waals surface area contributed by atoms with Crippen molar-refractivity contribution >= 4 is 22.5 Å². The summed E-state index contributed by atoms with van der Waals surface area (Å²) in [5, 5.41) is 4.87. The van der Waals surface area contributed by atoms with Gasteiger partial charge < -0.3 is 14.8 Å². The molecular formula is C18H15ClN2O2. The molecule has 5 heteroatoms. The number of rotatable bonds is 4. The Hall–Kier alpha value is -2.30. The van der Waals surface area contributed by atoms with Crippen molar-refractivity contribution in [3.63, 3.8) is 0 Å². The number of pyridine rings is 1. The second-order valence-corrected chi connectivity index (χ2v) is 5.87. The lowest BCUT2D eigenvalue weighted by atomic mass is 10.2. The number of halogens is 1. The molecule has 0 bridgehead atoms. The number of fused-ring (bicyclic) bond motifs is 1. The molecule has 2 heterocycles. The topological polar surface area (TPSA) is 43.4 Å². The van der Waals surface area contributed by atoms with Crippen LogP contribution in [0.15, 0.2) is 54.6 Å². The van der Waals surface area contributed by atoms with Gasteiger partial charge in [-0.2, -0.15) is 0 Å². The van der Waals surface area contributed by atoms with Crippen LogP contribution in [0.5, 0.6) is 17.4 Å². The van der Waals surface area contributed by atoms with Crippen LogP contribution in [-0.2, 0) is 0 Å². The lowest BCUT2D eigenvalue weighted by Gasteiger charge is -2.28. The molecule has 0 atom stereocenters. The van der Waals surface area contributed by atoms with Gasteiger partial charge in [-0.15, -0.1) is 0 Å². The molecule has 1 N–H and O–H groups in total. The number of nitrogens with one attached hydrogen (secondary N) is 1. The summed E-state index contributed by atoms with van der Waals surface area (Å²) >= 11 is 6.08. The van der Waals surface area contributed by atoms with Gasteiger partial charge in [0.15, 0.2) is 11.5 Å². The average molecular weight is 327 g/mol. The third-order valence-corrected chi connectivity index (χ3v) is 3.97. The zero-order chi connectivity index (χ0) is 15.6. The van der Waals surface area contributed by atoms with Crippen molar-refractivity contribution in [3.8, 4) is 17.4 Å². The van der Waals surface area contributed by atoms with E-state index in [-0.39, 0.29) is 6.10 Å². The summed E-state index contributed by atoms with van der Waals surface area (Å²) in [5.41, 5.74) is 0.893. The minimum absolute atomic E-state index is 0.153. The van der Waals surface area contributed by atoms with Crippen molar-refractivity contribution in [2.45, 2.75) is 6.10 Å². The van der Waals surface area contributed by atoms with E-state index in [0.29, 0.717) is 22.4 Å². The Morgan fingerprint density at radius 1 is 1.00 bits per heavy atom. The lowest BCUT2D eigenvalue weighted by molar-refractivity contribution is 0.138. The molecule has 1 aliphatic rings. The van der Waals surface area contributed by atoms with E-state index in [1.165, 1.54) is 0 Å². The van der Waals surface area contributed by atoms with E-state index in [2.05, 4.69) is 10.3 Å². The zero-order valence-corrected chi connectivity index (χ0v) is 13.1. The summed E-state index contributed by atoms with van der Waals surface area (Å²) in [6, 6.07) is 17.1. The summed E-state index contributed by atoms with van der Waals surface area (Å²) in [4.78, 5) is 4.52. The predicted octanol–water partition coefficient (Wildman–Crippen LogP) is 4.03. The molecule has 4 nitrogen and oxygen atoms in total. The van der Waals surface area contributed by atoms with E-state index >= 15 is 0 Å². The van der Waals surface area contributed by atoms with Gasteiger partial charge in [-0.05, 0) is 24.3 Å². The molecule has 1 aromatic heterocycles. The van der Waals surface area contributed by atoms with E-state index in [0.717, 1.165) is 24.0 Å². The maximum atomic E-state index is 6.08. The molecule has 0 radical (unpaired) electrons. The molecule has 1 saturated heterocycles. The second kappa shape index (κ2) is 6.07. The SMILES string of the molecule is Clc1ccc(Oc2ccc3ccccc3n2)c(OC2CNC2)c1. The molecular weight excluding hydrogens is 312 g/mol. The van der Waals surface area contributed by atoms with Crippen molar-refractivity contribution in [1.29, 1.82) is 0 Å². The van der Waals surface area contributed by atoms with Crippen LogP contribution in [0.2, 0.25) is 5.02 Å². The van der Waals surface area contributed by atoms with Crippen LogP contribution in [0.3, 0.4) is 0 Å². The number of para-hydroxylation sites is 1. The highest BCUT2D eigenvalue weighted by molar-refractivity contribution is 6.30. The molecule has 2 aromatic carbocycles. The molecule has 0 aliphatic carbocycles. The number of hydrogen-bond donors (Lipinski definition) is 1. The third-order valence-electron chi connectivity index (χ3n) is 3.73. The number of nitrogens with zero attached hydrogens (tertiary/aromatic N) is 1. The van der Waals surface area contributed by atoms with Crippen LogP contribution in [0.4, 0.5) is 0 Å². The van der Waals surface area contributed by atoms with Gasteiger partial charge in [-0.1, -0.05) is 29.8 Å². The van der Waals surface area contributed by atoms with E-state index in [9.17, 15) is 0 Å². The Morgan fingerprint density at radius 3 is 2.70 bits per heavy atom. The molecule has 1 fully saturated rings. The average Bonchev–Trinajstić information content (AvgIpc) is 2.53. The van der Waals surface area contributed by atoms with Crippen LogP contribution < -0.4 is 14.8 Å². The number of hydrogen-bond acceptors (Lipinski definition) is 4. The fourth-order valence-electron chi connectivity index (χ4n) is 2.40. The van der Waals surface area contributed by atoms with Gasteiger partial charge in [-0.3, -0.25) is 0 Å². The molecule has 0 unspecified atom stereocenters. The molecule has 116 valence electrons. The Kier molecular flexibility index (Phi) is 3.77. The maximum Gasteiger partial charge on any atom is 0.219 e. The predicted molar refractivity (Wildman–Crippen MR) is 90.6 cm³/mol. The summed E-state index contributed by atoms with van der Waals surface area (Å²) < 4.78 is 11.8. The quantitative estimate of drug-likeness (QED) is 0.786. The fourth-order valence-corrected chi connectivity index (χ4v) is 2.56. The van der Waals surface area contributed by atoms with Crippen molar-refractivity contribution in [1.82, 2.24) is 10.3 Å². The highest BCUT2D eigenvalue weighted by Gasteiger charge is 2.20. The van der Waals surface area contributed by atoms with Gasteiger partial charge in [-0.25, -0.2) is 4.98 Å². The molecule has 0 saturated carbocycles. The molecule has 0 amide bonds. The first-order valence-corrected chi connectivity index (χ1v) is 7.86. The van der Waals surface area contributed by atoms with Gasteiger partial charge in [0, 0.05) is 35.6 Å². The van der Waals surface area contributed by atoms with Gasteiger partial charge in [0.05, 0.1) is 5.52 Å². The van der Waals surface area contributed by atoms with Crippen molar-refractivity contribution in [2.75, 3.05) is 13.1 Å². The minimum atomic E-state index is 0.153. The van der Waals surface area contributed by atoms with E-state index in [4.69, 9.17) is 21.1 Å². The smallest absolute Gasteiger partial charge is 0.219 e. The minimum Gasteiger partial charge on any atom is -0.484 e. The van der Waals surface area contributed by atoms with Gasteiger partial charge in [0.25, 0.3) is 0 Å². The second-order valence-electron chi connectivity index (χ2n) is 5.43. The van der Waals surface area contributed by atoms with E-state index < -0.39 is 0 Å². The first-order valence-electron chi connectivity index (χ1n) is 7.48. The first kappa shape index (κ1) is 14.3. The fraction of sp³-hybridized carbons (Fsp3) is 0.167. The van der Waals surface area contributed by atoms with Crippen molar-refractivity contribution in [3.05, 3.63) is 59.6 Å². The van der Waals surface area contributed by atoms with Crippen molar-refractivity contribution < 1.29 is 9.47 Å². The van der Waals surface area contributed by atoms with Gasteiger partial charge >= 0.3 is 0 Å². The molecule has 0 spiro atoms. The Labute approximate surface area is 139 Å². The molecule has 3 aromatic rings. The third kappa shape index (κ3) is 3.09. The van der Waals surface area contributed by atoms with Crippen molar-refractivity contribution in [2.24, 2.45) is 0 Å². The highest BCUT2D eigenvalue weighted by atomic mass is 35.5. The summed E-state index contributed by atoms with van der Waals surface area (Å²) in [6.45, 7) is 1.67. The Balaban J connectivity index is 1.63. The van der Waals surface area contributed by atoms with E-state index in [1.54, 1.807) is 18.2 Å². The van der Waals surface area contributed by atoms with Crippen LogP contribution >= 0.6 is 11.6 Å². The monoisotopic (exact) mass is 326 g/mol. The summed E-state index contributed by atoms with van der Waals surface area (Å²) in [7, 11) is 0. The first-order chi connectivity index (χ1) is 11.3. The van der Waals surface area contributed by atoms with Gasteiger partial charge in [0.2, 0.25) is 5.88 Å². The van der Waals surface area contributed by atoms with Crippen LogP contribution in [0, 0.1) is 0 Å². The largest absolute Gasteiger partial charge is 0.484 e. The Morgan fingerprint density at radius 2 is 1.87 bits per heavy atom. The van der Waals surface area contributed by atoms with Crippen LogP contribution in [0.1, 0.15) is 0 Å². The summed E-state index contributed by atoms with van der Waals surface area (Å²) in [6.07, 6.45) is 0.153. The molecule has 23 heavy (non-hydrogen) atoms. The highest BCUT2D eigenvalue weighted by Crippen LogP contribution is 2.34. The van der Waals surface area contributed by atoms with Crippen LogP contribution in [-0.4, -0.2) is 24.2 Å². The summed E-state index contributed by atoms with van der Waals surface area (Å²) in [5.74, 6) is 1.78. The number of ether oxygens (including phenoxy) is 2. The molecule has 1 aliphatic heterocycles. The number of benzene rings is 2. The zero-order valence-electron chi connectivity index (χ0n) is 12.3. The van der Waals surface area contributed by atoms with E-state index in [1.807, 2.05) is 36.4 Å². The van der Waals surface area contributed by atoms with Crippen LogP contribution in [0.25, 0.3) is 10.9 Å². The number of aromatic nitrogens is 1. The normalized spacial score (nSPS) is 14.5. The standard InChI is InChI=1S/C18H15ClN2O2/c19-13-6-7-16(17(9-13)22-14-10-20-11-14)23-18-8-5-12-3-1-2-4-15(12)21-18/h1-9,14,20H,10-11H2. The molecule has 4 rings (SSSR count). The van der Waals surface area contributed by atoms with Gasteiger partial charge in [0.1, 0.15) is 6.10 Å².